The molecule has 0 atom stereocenters. The molecule has 2 N–H and O–H groups in total. The van der Waals surface area contributed by atoms with E-state index in [1.54, 1.807) is 12.1 Å². The summed E-state index contributed by atoms with van der Waals surface area (Å²) in [7, 11) is 0. The number of carbonyl (C=O) groups excluding carboxylic acids is 1. The molecule has 0 unspecified atom stereocenters. The number of anilines is 1. The van der Waals surface area contributed by atoms with Gasteiger partial charge >= 0.3 is 5.97 Å². The Morgan fingerprint density at radius 2 is 1.90 bits per heavy atom. The van der Waals surface area contributed by atoms with Crippen LogP contribution in [0, 0.1) is 5.41 Å². The number of nitrogens with one attached hydrogen (secondary N) is 1. The molecule has 108 valence electrons. The van der Waals surface area contributed by atoms with Crippen LogP contribution >= 0.6 is 23.2 Å². The molecule has 4 nitrogen and oxygen atoms in total. The van der Waals surface area contributed by atoms with Gasteiger partial charge in [-0.3, -0.25) is 9.59 Å². The van der Waals surface area contributed by atoms with Gasteiger partial charge in [-0.25, -0.2) is 0 Å². The number of aliphatic carboxylic acids is 1. The van der Waals surface area contributed by atoms with E-state index >= 15 is 0 Å². The number of rotatable bonds is 4. The highest BCUT2D eigenvalue weighted by atomic mass is 35.5. The summed E-state index contributed by atoms with van der Waals surface area (Å²) >= 11 is 11.8. The molecule has 2 rings (SSSR count). The minimum Gasteiger partial charge on any atom is -0.481 e. The first kappa shape index (κ1) is 15.1. The second-order valence-corrected chi connectivity index (χ2v) is 5.99. The lowest BCUT2D eigenvalue weighted by molar-refractivity contribution is -0.150. The SMILES string of the molecule is O=C(CC1(C(=O)O)CCCC1)Nc1ccc(Cl)cc1Cl. The molecule has 0 aliphatic heterocycles. The van der Waals surface area contributed by atoms with Gasteiger partial charge in [0.15, 0.2) is 0 Å². The molecule has 1 aromatic carbocycles. The normalized spacial score (nSPS) is 16.9. The van der Waals surface area contributed by atoms with Crippen LogP contribution in [-0.2, 0) is 9.59 Å². The van der Waals surface area contributed by atoms with Crippen LogP contribution in [-0.4, -0.2) is 17.0 Å². The van der Waals surface area contributed by atoms with E-state index in [4.69, 9.17) is 23.2 Å². The molecule has 1 aliphatic carbocycles. The molecule has 1 saturated carbocycles. The van der Waals surface area contributed by atoms with Crippen LogP contribution in [0.1, 0.15) is 32.1 Å². The highest BCUT2D eigenvalue weighted by Crippen LogP contribution is 2.41. The van der Waals surface area contributed by atoms with Crippen LogP contribution in [0.15, 0.2) is 18.2 Å². The van der Waals surface area contributed by atoms with Crippen LogP contribution in [0.4, 0.5) is 5.69 Å². The van der Waals surface area contributed by atoms with Crippen LogP contribution in [0.25, 0.3) is 0 Å². The topological polar surface area (TPSA) is 66.4 Å². The monoisotopic (exact) mass is 315 g/mol. The van der Waals surface area contributed by atoms with E-state index in [-0.39, 0.29) is 12.3 Å². The first-order valence-corrected chi connectivity index (χ1v) is 7.17. The highest BCUT2D eigenvalue weighted by molar-refractivity contribution is 6.36. The van der Waals surface area contributed by atoms with E-state index < -0.39 is 11.4 Å². The molecule has 0 saturated heterocycles. The minimum atomic E-state index is -0.928. The smallest absolute Gasteiger partial charge is 0.310 e. The standard InChI is InChI=1S/C14H15Cl2NO3/c15-9-3-4-11(10(16)7-9)17-12(18)8-14(13(19)20)5-1-2-6-14/h3-4,7H,1-2,5-6,8H2,(H,17,18)(H,19,20). The summed E-state index contributed by atoms with van der Waals surface area (Å²) in [5, 5.41) is 12.8. The maximum Gasteiger partial charge on any atom is 0.310 e. The van der Waals surface area contributed by atoms with E-state index in [0.29, 0.717) is 28.6 Å². The Balaban J connectivity index is 2.07. The Bertz CT molecular complexity index is 539. The van der Waals surface area contributed by atoms with Gasteiger partial charge < -0.3 is 10.4 Å². The van der Waals surface area contributed by atoms with Crippen LogP contribution in [0.3, 0.4) is 0 Å². The predicted molar refractivity (Wildman–Crippen MR) is 78.2 cm³/mol. The van der Waals surface area contributed by atoms with Gasteiger partial charge in [0.05, 0.1) is 16.1 Å². The fraction of sp³-hybridized carbons (Fsp3) is 0.429. The number of amides is 1. The number of hydrogen-bond acceptors (Lipinski definition) is 2. The van der Waals surface area contributed by atoms with Gasteiger partial charge in [-0.1, -0.05) is 36.0 Å². The summed E-state index contributed by atoms with van der Waals surface area (Å²) < 4.78 is 0. The fourth-order valence-electron chi connectivity index (χ4n) is 2.61. The molecule has 20 heavy (non-hydrogen) atoms. The lowest BCUT2D eigenvalue weighted by atomic mass is 9.82. The second kappa shape index (κ2) is 6.02. The molecule has 0 spiro atoms. The largest absolute Gasteiger partial charge is 0.481 e. The third-order valence-electron chi connectivity index (χ3n) is 3.72. The summed E-state index contributed by atoms with van der Waals surface area (Å²) in [6.07, 6.45) is 2.76. The maximum atomic E-state index is 12.0. The Labute approximate surface area is 127 Å². The average Bonchev–Trinajstić information content (AvgIpc) is 2.82. The molecule has 0 radical (unpaired) electrons. The third-order valence-corrected chi connectivity index (χ3v) is 4.27. The molecular weight excluding hydrogens is 301 g/mol. The zero-order valence-corrected chi connectivity index (χ0v) is 12.3. The molecule has 1 fully saturated rings. The first-order valence-electron chi connectivity index (χ1n) is 6.41. The number of carboxylic acids is 1. The Morgan fingerprint density at radius 3 is 2.45 bits per heavy atom. The lowest BCUT2D eigenvalue weighted by Crippen LogP contribution is -2.32. The number of carbonyl (C=O) groups is 2. The van der Waals surface area contributed by atoms with Crippen molar-refractivity contribution in [2.75, 3.05) is 5.32 Å². The quantitative estimate of drug-likeness (QED) is 0.883. The molecule has 0 aromatic heterocycles. The number of hydrogen-bond donors (Lipinski definition) is 2. The molecule has 1 amide bonds. The van der Waals surface area contributed by atoms with Crippen molar-refractivity contribution in [2.24, 2.45) is 5.41 Å². The lowest BCUT2D eigenvalue weighted by Gasteiger charge is -2.23. The first-order chi connectivity index (χ1) is 9.43. The number of carboxylic acid groups (broad SMARTS) is 1. The molecular formula is C14H15Cl2NO3. The maximum absolute atomic E-state index is 12.0. The van der Waals surface area contributed by atoms with Gasteiger partial charge in [0.2, 0.25) is 5.91 Å². The summed E-state index contributed by atoms with van der Waals surface area (Å²) in [6.45, 7) is 0. The van der Waals surface area contributed by atoms with E-state index in [2.05, 4.69) is 5.32 Å². The molecule has 0 heterocycles. The zero-order chi connectivity index (χ0) is 14.8. The van der Waals surface area contributed by atoms with Gasteiger partial charge in [0.25, 0.3) is 0 Å². The van der Waals surface area contributed by atoms with Crippen molar-refractivity contribution in [1.29, 1.82) is 0 Å². The van der Waals surface area contributed by atoms with Crippen molar-refractivity contribution in [2.45, 2.75) is 32.1 Å². The van der Waals surface area contributed by atoms with Crippen molar-refractivity contribution in [1.82, 2.24) is 0 Å². The van der Waals surface area contributed by atoms with Gasteiger partial charge in [-0.2, -0.15) is 0 Å². The van der Waals surface area contributed by atoms with Crippen molar-refractivity contribution >= 4 is 40.8 Å². The van der Waals surface area contributed by atoms with E-state index in [9.17, 15) is 14.7 Å². The number of halogens is 2. The predicted octanol–water partition coefficient (Wildman–Crippen LogP) is 3.97. The fourth-order valence-corrected chi connectivity index (χ4v) is 3.07. The summed E-state index contributed by atoms with van der Waals surface area (Å²) in [4.78, 5) is 23.4. The second-order valence-electron chi connectivity index (χ2n) is 5.14. The highest BCUT2D eigenvalue weighted by Gasteiger charge is 2.42. The minimum absolute atomic E-state index is 0.0265. The molecule has 6 heteroatoms. The summed E-state index contributed by atoms with van der Waals surface area (Å²) in [5.74, 6) is -1.23. The van der Waals surface area contributed by atoms with E-state index in [1.165, 1.54) is 6.07 Å². The Hall–Kier alpha value is -1.26. The average molecular weight is 316 g/mol. The van der Waals surface area contributed by atoms with Gasteiger partial charge in [0.1, 0.15) is 0 Å². The molecule has 1 aromatic rings. The van der Waals surface area contributed by atoms with Crippen molar-refractivity contribution in [3.05, 3.63) is 28.2 Å². The van der Waals surface area contributed by atoms with Crippen LogP contribution in [0.5, 0.6) is 0 Å². The van der Waals surface area contributed by atoms with Gasteiger partial charge in [-0.15, -0.1) is 0 Å². The van der Waals surface area contributed by atoms with Crippen molar-refractivity contribution in [3.63, 3.8) is 0 Å². The summed E-state index contributed by atoms with van der Waals surface area (Å²) in [5.41, 5.74) is -0.484. The van der Waals surface area contributed by atoms with Gasteiger partial charge in [-0.05, 0) is 31.0 Å². The molecule has 1 aliphatic rings. The van der Waals surface area contributed by atoms with Crippen molar-refractivity contribution in [3.8, 4) is 0 Å². The molecule has 0 bridgehead atoms. The Morgan fingerprint density at radius 1 is 1.25 bits per heavy atom. The zero-order valence-electron chi connectivity index (χ0n) is 10.8. The summed E-state index contributed by atoms with van der Waals surface area (Å²) in [6, 6.07) is 4.75. The van der Waals surface area contributed by atoms with E-state index in [0.717, 1.165) is 12.8 Å². The van der Waals surface area contributed by atoms with Crippen LogP contribution in [0.2, 0.25) is 10.0 Å². The van der Waals surface area contributed by atoms with Gasteiger partial charge in [0, 0.05) is 11.4 Å². The van der Waals surface area contributed by atoms with Crippen molar-refractivity contribution < 1.29 is 14.7 Å². The third kappa shape index (κ3) is 3.25. The number of benzene rings is 1. The Kier molecular flexibility index (Phi) is 4.55. The van der Waals surface area contributed by atoms with Crippen LogP contribution < -0.4 is 5.32 Å². The van der Waals surface area contributed by atoms with E-state index in [1.807, 2.05) is 0 Å².